The van der Waals surface area contributed by atoms with E-state index in [0.717, 1.165) is 0 Å². The minimum Gasteiger partial charge on any atom is -0.126 e. The third-order valence-corrected chi connectivity index (χ3v) is 3.06. The van der Waals surface area contributed by atoms with Gasteiger partial charge in [-0.3, -0.25) is 0 Å². The van der Waals surface area contributed by atoms with Crippen LogP contribution in [0.15, 0.2) is 24.3 Å². The van der Waals surface area contributed by atoms with Crippen LogP contribution in [0.3, 0.4) is 0 Å². The molecule has 14 heavy (non-hydrogen) atoms. The third-order valence-electron chi connectivity index (χ3n) is 2.60. The summed E-state index contributed by atoms with van der Waals surface area (Å²) in [5.74, 6) is 1.17. The van der Waals surface area contributed by atoms with Gasteiger partial charge in [0.25, 0.3) is 0 Å². The molecule has 0 nitrogen and oxygen atoms in total. The van der Waals surface area contributed by atoms with Crippen molar-refractivity contribution in [3.05, 3.63) is 35.4 Å². The molecule has 1 aromatic carbocycles. The van der Waals surface area contributed by atoms with Gasteiger partial charge in [-0.1, -0.05) is 44.5 Å². The van der Waals surface area contributed by atoms with Gasteiger partial charge >= 0.3 is 0 Å². The summed E-state index contributed by atoms with van der Waals surface area (Å²) in [5.41, 5.74) is 2.79. The zero-order valence-electron chi connectivity index (χ0n) is 9.09. The number of hydrogen-bond donors (Lipinski definition) is 0. The van der Waals surface area contributed by atoms with Crippen molar-refractivity contribution in [2.24, 2.45) is 0 Å². The van der Waals surface area contributed by atoms with E-state index in [-0.39, 0.29) is 0 Å². The molecular formula is C13H19Cl. The number of benzene rings is 1. The summed E-state index contributed by atoms with van der Waals surface area (Å²) in [4.78, 5) is 0. The minimum absolute atomic E-state index is 0.469. The topological polar surface area (TPSA) is 0 Å². The van der Waals surface area contributed by atoms with Crippen molar-refractivity contribution in [3.63, 3.8) is 0 Å². The molecule has 1 atom stereocenters. The molecule has 0 radical (unpaired) electrons. The predicted molar refractivity (Wildman–Crippen MR) is 64.2 cm³/mol. The standard InChI is InChI=1S/C13H19Cl/c1-3-4-5-12-6-8-13(9-7-12)11(2)10-14/h6-9,11H,3-5,10H2,1-2H3. The molecule has 0 aromatic heterocycles. The summed E-state index contributed by atoms with van der Waals surface area (Å²) < 4.78 is 0. The van der Waals surface area contributed by atoms with Crippen LogP contribution >= 0.6 is 11.6 Å². The van der Waals surface area contributed by atoms with E-state index in [4.69, 9.17) is 11.6 Å². The Kier molecular flexibility index (Phi) is 5.03. The van der Waals surface area contributed by atoms with Crippen LogP contribution in [0.1, 0.15) is 43.7 Å². The summed E-state index contributed by atoms with van der Waals surface area (Å²) in [7, 11) is 0. The molecule has 1 rings (SSSR count). The fourth-order valence-electron chi connectivity index (χ4n) is 1.48. The van der Waals surface area contributed by atoms with E-state index in [2.05, 4.69) is 38.1 Å². The molecule has 0 amide bonds. The van der Waals surface area contributed by atoms with E-state index in [9.17, 15) is 0 Å². The van der Waals surface area contributed by atoms with E-state index >= 15 is 0 Å². The van der Waals surface area contributed by atoms with Crippen molar-refractivity contribution in [1.82, 2.24) is 0 Å². The smallest absolute Gasteiger partial charge is 0.0289 e. The summed E-state index contributed by atoms with van der Waals surface area (Å²) in [6, 6.07) is 8.87. The first kappa shape index (κ1) is 11.6. The lowest BCUT2D eigenvalue weighted by atomic mass is 10.00. The summed E-state index contributed by atoms with van der Waals surface area (Å²) >= 11 is 5.81. The van der Waals surface area contributed by atoms with Crippen LogP contribution in [0.25, 0.3) is 0 Å². The highest BCUT2D eigenvalue weighted by Crippen LogP contribution is 2.17. The van der Waals surface area contributed by atoms with Gasteiger partial charge in [0.1, 0.15) is 0 Å². The van der Waals surface area contributed by atoms with E-state index in [1.165, 1.54) is 30.4 Å². The fraction of sp³-hybridized carbons (Fsp3) is 0.538. The maximum absolute atomic E-state index is 5.81. The van der Waals surface area contributed by atoms with Crippen molar-refractivity contribution < 1.29 is 0 Å². The van der Waals surface area contributed by atoms with Crippen LogP contribution in [0.5, 0.6) is 0 Å². The maximum atomic E-state index is 5.81. The Bertz CT molecular complexity index is 250. The van der Waals surface area contributed by atoms with Gasteiger partial charge < -0.3 is 0 Å². The SMILES string of the molecule is CCCCc1ccc(C(C)CCl)cc1. The average Bonchev–Trinajstić information content (AvgIpc) is 2.26. The van der Waals surface area contributed by atoms with Gasteiger partial charge in [0, 0.05) is 5.88 Å². The van der Waals surface area contributed by atoms with Crippen molar-refractivity contribution in [1.29, 1.82) is 0 Å². The van der Waals surface area contributed by atoms with Crippen molar-refractivity contribution in [2.45, 2.75) is 39.0 Å². The third kappa shape index (κ3) is 3.34. The predicted octanol–water partition coefficient (Wildman–Crippen LogP) is 4.37. The van der Waals surface area contributed by atoms with Crippen molar-refractivity contribution in [3.8, 4) is 0 Å². The molecule has 0 heterocycles. The number of halogens is 1. The van der Waals surface area contributed by atoms with Crippen LogP contribution in [-0.2, 0) is 6.42 Å². The number of rotatable bonds is 5. The molecule has 0 bridgehead atoms. The molecule has 0 saturated heterocycles. The van der Waals surface area contributed by atoms with Gasteiger partial charge in [0.05, 0.1) is 0 Å². The molecule has 0 fully saturated rings. The first-order valence-corrected chi connectivity index (χ1v) is 5.96. The van der Waals surface area contributed by atoms with Gasteiger partial charge in [-0.15, -0.1) is 11.6 Å². The van der Waals surface area contributed by atoms with E-state index in [0.29, 0.717) is 11.8 Å². The second kappa shape index (κ2) is 6.08. The van der Waals surface area contributed by atoms with Gasteiger partial charge in [-0.25, -0.2) is 0 Å². The maximum Gasteiger partial charge on any atom is 0.0289 e. The first-order chi connectivity index (χ1) is 6.77. The second-order valence-electron chi connectivity index (χ2n) is 3.90. The number of alkyl halides is 1. The Morgan fingerprint density at radius 3 is 2.36 bits per heavy atom. The van der Waals surface area contributed by atoms with Gasteiger partial charge in [0.2, 0.25) is 0 Å². The number of aryl methyl sites for hydroxylation is 1. The zero-order valence-corrected chi connectivity index (χ0v) is 9.85. The van der Waals surface area contributed by atoms with Gasteiger partial charge in [-0.05, 0) is 29.9 Å². The molecule has 0 N–H and O–H groups in total. The first-order valence-electron chi connectivity index (χ1n) is 5.42. The monoisotopic (exact) mass is 210 g/mol. The van der Waals surface area contributed by atoms with Crippen molar-refractivity contribution in [2.75, 3.05) is 5.88 Å². The number of unbranched alkanes of at least 4 members (excludes halogenated alkanes) is 1. The van der Waals surface area contributed by atoms with E-state index in [1.54, 1.807) is 0 Å². The van der Waals surface area contributed by atoms with Crippen LogP contribution in [0.2, 0.25) is 0 Å². The lowest BCUT2D eigenvalue weighted by Gasteiger charge is -2.08. The fourth-order valence-corrected chi connectivity index (χ4v) is 1.66. The van der Waals surface area contributed by atoms with Gasteiger partial charge in [0.15, 0.2) is 0 Å². The molecule has 1 aromatic rings. The Morgan fingerprint density at radius 1 is 1.21 bits per heavy atom. The molecule has 0 saturated carbocycles. The number of hydrogen-bond acceptors (Lipinski definition) is 0. The Balaban J connectivity index is 2.59. The highest BCUT2D eigenvalue weighted by atomic mass is 35.5. The summed E-state index contributed by atoms with van der Waals surface area (Å²) in [5, 5.41) is 0. The van der Waals surface area contributed by atoms with Crippen LogP contribution in [-0.4, -0.2) is 5.88 Å². The summed E-state index contributed by atoms with van der Waals surface area (Å²) in [6.45, 7) is 4.39. The minimum atomic E-state index is 0.469. The quantitative estimate of drug-likeness (QED) is 0.633. The normalized spacial score (nSPS) is 12.8. The van der Waals surface area contributed by atoms with Crippen LogP contribution in [0, 0.1) is 0 Å². The lowest BCUT2D eigenvalue weighted by molar-refractivity contribution is 0.793. The van der Waals surface area contributed by atoms with E-state index < -0.39 is 0 Å². The highest BCUT2D eigenvalue weighted by molar-refractivity contribution is 6.18. The van der Waals surface area contributed by atoms with Gasteiger partial charge in [-0.2, -0.15) is 0 Å². The molecule has 0 spiro atoms. The van der Waals surface area contributed by atoms with Crippen LogP contribution in [0.4, 0.5) is 0 Å². The largest absolute Gasteiger partial charge is 0.126 e. The lowest BCUT2D eigenvalue weighted by Crippen LogP contribution is -1.94. The second-order valence-corrected chi connectivity index (χ2v) is 4.21. The van der Waals surface area contributed by atoms with Crippen molar-refractivity contribution >= 4 is 11.6 Å². The molecule has 78 valence electrons. The zero-order chi connectivity index (χ0) is 10.4. The molecular weight excluding hydrogens is 192 g/mol. The van der Waals surface area contributed by atoms with Crippen LogP contribution < -0.4 is 0 Å². The Morgan fingerprint density at radius 2 is 1.86 bits per heavy atom. The summed E-state index contributed by atoms with van der Waals surface area (Å²) in [6.07, 6.45) is 3.75. The Hall–Kier alpha value is -0.490. The molecule has 0 aliphatic heterocycles. The Labute approximate surface area is 92.3 Å². The molecule has 0 aliphatic rings. The molecule has 0 aliphatic carbocycles. The average molecular weight is 211 g/mol. The molecule has 1 unspecified atom stereocenters. The van der Waals surface area contributed by atoms with E-state index in [1.807, 2.05) is 0 Å². The highest BCUT2D eigenvalue weighted by Gasteiger charge is 2.02. The molecule has 1 heteroatoms.